The van der Waals surface area contributed by atoms with Gasteiger partial charge >= 0.3 is 0 Å². The fraction of sp³-hybridized carbons (Fsp3) is 0.364. The van der Waals surface area contributed by atoms with Crippen molar-refractivity contribution < 1.29 is 4.79 Å². The van der Waals surface area contributed by atoms with Crippen LogP contribution in [0, 0.1) is 0 Å². The quantitative estimate of drug-likeness (QED) is 0.725. The summed E-state index contributed by atoms with van der Waals surface area (Å²) in [7, 11) is 0. The summed E-state index contributed by atoms with van der Waals surface area (Å²) < 4.78 is 1.29. The number of aromatic nitrogens is 1. The molecule has 0 saturated heterocycles. The molecule has 0 bridgehead atoms. The number of carbonyl (C=O) groups is 1. The van der Waals surface area contributed by atoms with Gasteiger partial charge in [0.15, 0.2) is 0 Å². The number of carbonyl (C=O) groups excluding carboxylic acids is 1. The molecule has 0 aliphatic carbocycles. The molecule has 0 spiro atoms. The van der Waals surface area contributed by atoms with Gasteiger partial charge in [0, 0.05) is 12.7 Å². The maximum absolute atomic E-state index is 11.8. The number of nitrogens with two attached hydrogens (primary N) is 1. The van der Waals surface area contributed by atoms with Crippen LogP contribution in [0.4, 0.5) is 0 Å². The van der Waals surface area contributed by atoms with E-state index in [-0.39, 0.29) is 28.6 Å². The van der Waals surface area contributed by atoms with Crippen LogP contribution in [0.5, 0.6) is 0 Å². The number of nitrogens with one attached hydrogen (secondary N) is 1. The van der Waals surface area contributed by atoms with Crippen molar-refractivity contribution in [2.45, 2.75) is 19.9 Å². The van der Waals surface area contributed by atoms with Crippen LogP contribution < -0.4 is 16.6 Å². The first kappa shape index (κ1) is 13.4. The van der Waals surface area contributed by atoms with Gasteiger partial charge in [0.25, 0.3) is 5.56 Å². The molecule has 6 heteroatoms. The van der Waals surface area contributed by atoms with Gasteiger partial charge in [-0.2, -0.15) is 0 Å². The monoisotopic (exact) mass is 253 g/mol. The second kappa shape index (κ2) is 6.15. The predicted octanol–water partition coefficient (Wildman–Crippen LogP) is 0.00870. The molecule has 0 radical (unpaired) electrons. The fourth-order valence-corrected chi connectivity index (χ4v) is 1.48. The van der Waals surface area contributed by atoms with E-state index < -0.39 is 0 Å². The second-order valence-electron chi connectivity index (χ2n) is 3.57. The molecular formula is C11H15N3O2S. The summed E-state index contributed by atoms with van der Waals surface area (Å²) in [5.41, 5.74) is 5.33. The predicted molar refractivity (Wildman–Crippen MR) is 69.9 cm³/mol. The molecular weight excluding hydrogens is 238 g/mol. The molecule has 17 heavy (non-hydrogen) atoms. The summed E-state index contributed by atoms with van der Waals surface area (Å²) in [6, 6.07) is 3.19. The molecule has 0 unspecified atom stereocenters. The SMILES string of the molecule is CCCNC(=O)Cn1cccc(C(N)=S)c1=O. The van der Waals surface area contributed by atoms with Crippen molar-refractivity contribution in [3.8, 4) is 0 Å². The molecule has 1 amide bonds. The van der Waals surface area contributed by atoms with Crippen molar-refractivity contribution in [1.82, 2.24) is 9.88 Å². The van der Waals surface area contributed by atoms with E-state index in [1.165, 1.54) is 10.8 Å². The summed E-state index contributed by atoms with van der Waals surface area (Å²) in [5, 5.41) is 2.69. The van der Waals surface area contributed by atoms with Gasteiger partial charge < -0.3 is 15.6 Å². The van der Waals surface area contributed by atoms with Crippen LogP contribution in [0.3, 0.4) is 0 Å². The van der Waals surface area contributed by atoms with Crippen LogP contribution in [-0.4, -0.2) is 22.0 Å². The molecule has 1 aromatic rings. The van der Waals surface area contributed by atoms with E-state index >= 15 is 0 Å². The maximum Gasteiger partial charge on any atom is 0.261 e. The van der Waals surface area contributed by atoms with E-state index in [0.717, 1.165) is 6.42 Å². The maximum atomic E-state index is 11.8. The highest BCUT2D eigenvalue weighted by atomic mass is 32.1. The second-order valence-corrected chi connectivity index (χ2v) is 4.01. The minimum atomic E-state index is -0.341. The zero-order valence-corrected chi connectivity index (χ0v) is 10.4. The summed E-state index contributed by atoms with van der Waals surface area (Å²) >= 11 is 4.76. The number of nitrogens with zero attached hydrogens (tertiary/aromatic N) is 1. The van der Waals surface area contributed by atoms with E-state index in [9.17, 15) is 9.59 Å². The summed E-state index contributed by atoms with van der Waals surface area (Å²) in [6.07, 6.45) is 2.39. The lowest BCUT2D eigenvalue weighted by Gasteiger charge is -2.07. The van der Waals surface area contributed by atoms with Crippen LogP contribution in [0.1, 0.15) is 18.9 Å². The Bertz CT molecular complexity index is 482. The number of amides is 1. The molecule has 0 fully saturated rings. The minimum absolute atomic E-state index is 0.0186. The number of pyridine rings is 1. The molecule has 3 N–H and O–H groups in total. The van der Waals surface area contributed by atoms with Crippen molar-refractivity contribution in [1.29, 1.82) is 0 Å². The summed E-state index contributed by atoms with van der Waals surface area (Å²) in [5.74, 6) is -0.200. The third kappa shape index (κ3) is 3.67. The number of thiocarbonyl (C=S) groups is 1. The van der Waals surface area contributed by atoms with Gasteiger partial charge in [-0.1, -0.05) is 19.1 Å². The van der Waals surface area contributed by atoms with Crippen molar-refractivity contribution in [3.63, 3.8) is 0 Å². The first-order chi connectivity index (χ1) is 8.06. The standard InChI is InChI=1S/C11H15N3O2S/c1-2-5-13-9(15)7-14-6-3-4-8(10(12)17)11(14)16/h3-4,6H,2,5,7H2,1H3,(H2,12,17)(H,13,15). The Labute approximate surface area is 105 Å². The zero-order chi connectivity index (χ0) is 12.8. The third-order valence-electron chi connectivity index (χ3n) is 2.17. The lowest BCUT2D eigenvalue weighted by Crippen LogP contribution is -2.35. The van der Waals surface area contributed by atoms with Crippen LogP contribution in [-0.2, 0) is 11.3 Å². The third-order valence-corrected chi connectivity index (χ3v) is 2.39. The molecule has 1 aromatic heterocycles. The molecule has 0 aliphatic heterocycles. The van der Waals surface area contributed by atoms with Crippen LogP contribution in [0.15, 0.2) is 23.1 Å². The highest BCUT2D eigenvalue weighted by Gasteiger charge is 2.08. The van der Waals surface area contributed by atoms with Crippen molar-refractivity contribution >= 4 is 23.1 Å². The molecule has 0 atom stereocenters. The van der Waals surface area contributed by atoms with Crippen LogP contribution in [0.25, 0.3) is 0 Å². The van der Waals surface area contributed by atoms with E-state index in [1.807, 2.05) is 6.92 Å². The first-order valence-electron chi connectivity index (χ1n) is 5.32. The Hall–Kier alpha value is -1.69. The average Bonchev–Trinajstić information content (AvgIpc) is 2.28. The van der Waals surface area contributed by atoms with Gasteiger partial charge in [-0.3, -0.25) is 9.59 Å². The van der Waals surface area contributed by atoms with Gasteiger partial charge in [0.05, 0.1) is 5.56 Å². The Morgan fingerprint density at radius 2 is 2.29 bits per heavy atom. The van der Waals surface area contributed by atoms with Gasteiger partial charge in [-0.25, -0.2) is 0 Å². The van der Waals surface area contributed by atoms with Gasteiger partial charge in [0.1, 0.15) is 11.5 Å². The van der Waals surface area contributed by atoms with E-state index in [4.69, 9.17) is 18.0 Å². The Balaban J connectivity index is 2.85. The molecule has 0 saturated carbocycles. The molecule has 1 rings (SSSR count). The highest BCUT2D eigenvalue weighted by molar-refractivity contribution is 7.80. The van der Waals surface area contributed by atoms with Crippen molar-refractivity contribution in [3.05, 3.63) is 34.2 Å². The Kier molecular flexibility index (Phi) is 4.84. The fourth-order valence-electron chi connectivity index (χ4n) is 1.32. The lowest BCUT2D eigenvalue weighted by atomic mass is 10.3. The number of hydrogen-bond donors (Lipinski definition) is 2. The highest BCUT2D eigenvalue weighted by Crippen LogP contribution is 1.92. The first-order valence-corrected chi connectivity index (χ1v) is 5.73. The van der Waals surface area contributed by atoms with Crippen molar-refractivity contribution in [2.75, 3.05) is 6.54 Å². The van der Waals surface area contributed by atoms with E-state index in [0.29, 0.717) is 6.54 Å². The number of rotatable bonds is 5. The Morgan fingerprint density at radius 1 is 1.59 bits per heavy atom. The van der Waals surface area contributed by atoms with Crippen LogP contribution >= 0.6 is 12.2 Å². The number of hydrogen-bond acceptors (Lipinski definition) is 3. The molecule has 5 nitrogen and oxygen atoms in total. The smallest absolute Gasteiger partial charge is 0.261 e. The largest absolute Gasteiger partial charge is 0.389 e. The van der Waals surface area contributed by atoms with E-state index in [2.05, 4.69) is 5.32 Å². The lowest BCUT2D eigenvalue weighted by molar-refractivity contribution is -0.121. The van der Waals surface area contributed by atoms with E-state index in [1.54, 1.807) is 12.1 Å². The topological polar surface area (TPSA) is 77.1 Å². The zero-order valence-electron chi connectivity index (χ0n) is 9.60. The van der Waals surface area contributed by atoms with Gasteiger partial charge in [-0.15, -0.1) is 0 Å². The average molecular weight is 253 g/mol. The summed E-state index contributed by atoms with van der Waals surface area (Å²) in [4.78, 5) is 23.3. The van der Waals surface area contributed by atoms with Crippen LogP contribution in [0.2, 0.25) is 0 Å². The summed E-state index contributed by atoms with van der Waals surface area (Å²) in [6.45, 7) is 2.54. The normalized spacial score (nSPS) is 9.94. The molecule has 0 aliphatic rings. The minimum Gasteiger partial charge on any atom is -0.389 e. The molecule has 92 valence electrons. The van der Waals surface area contributed by atoms with Crippen molar-refractivity contribution in [2.24, 2.45) is 5.73 Å². The Morgan fingerprint density at radius 3 is 2.88 bits per heavy atom. The van der Waals surface area contributed by atoms with Gasteiger partial charge in [-0.05, 0) is 18.6 Å². The molecule has 1 heterocycles. The molecule has 0 aromatic carbocycles. The van der Waals surface area contributed by atoms with Gasteiger partial charge in [0.2, 0.25) is 5.91 Å².